The molecule has 0 heterocycles. The van der Waals surface area contributed by atoms with E-state index < -0.39 is 0 Å². The molecule has 4 heteroatoms. The zero-order valence-corrected chi connectivity index (χ0v) is 13.2. The van der Waals surface area contributed by atoms with Gasteiger partial charge in [-0.2, -0.15) is 0 Å². The van der Waals surface area contributed by atoms with E-state index in [0.29, 0.717) is 13.2 Å². The number of nitrogens with zero attached hydrogens (tertiary/aromatic N) is 1. The fourth-order valence-electron chi connectivity index (χ4n) is 2.02. The number of ether oxygens (including phenoxy) is 2. The van der Waals surface area contributed by atoms with E-state index in [4.69, 9.17) is 14.3 Å². The zero-order valence-electron chi connectivity index (χ0n) is 13.2. The molecule has 0 spiro atoms. The van der Waals surface area contributed by atoms with Crippen molar-refractivity contribution in [3.63, 3.8) is 0 Å². The Hall–Kier alpha value is -2.49. The first-order valence-corrected chi connectivity index (χ1v) is 7.30. The van der Waals surface area contributed by atoms with E-state index >= 15 is 0 Å². The lowest BCUT2D eigenvalue weighted by Crippen LogP contribution is -1.98. The third kappa shape index (κ3) is 5.13. The lowest BCUT2D eigenvalue weighted by atomic mass is 10.1. The van der Waals surface area contributed by atoms with E-state index in [1.807, 2.05) is 43.3 Å². The minimum absolute atomic E-state index is 0.372. The van der Waals surface area contributed by atoms with Gasteiger partial charge in [-0.25, -0.2) is 0 Å². The molecule has 2 aromatic carbocycles. The van der Waals surface area contributed by atoms with Crippen molar-refractivity contribution < 1.29 is 14.3 Å². The molecule has 116 valence electrons. The zero-order chi connectivity index (χ0) is 15.8. The minimum atomic E-state index is 0.372. The molecule has 0 unspecified atom stereocenters. The predicted octanol–water partition coefficient (Wildman–Crippen LogP) is 4.50. The van der Waals surface area contributed by atoms with Crippen LogP contribution in [0, 0.1) is 13.8 Å². The van der Waals surface area contributed by atoms with E-state index in [9.17, 15) is 0 Å². The molecule has 0 fully saturated rings. The summed E-state index contributed by atoms with van der Waals surface area (Å²) in [6, 6.07) is 13.6. The van der Waals surface area contributed by atoms with Gasteiger partial charge in [-0.3, -0.25) is 0 Å². The van der Waals surface area contributed by atoms with E-state index in [2.05, 4.69) is 25.1 Å². The van der Waals surface area contributed by atoms with Crippen LogP contribution in [0.2, 0.25) is 0 Å². The van der Waals surface area contributed by atoms with Crippen LogP contribution in [0.15, 0.2) is 47.6 Å². The summed E-state index contributed by atoms with van der Waals surface area (Å²) in [5.74, 6) is 2.38. The summed E-state index contributed by atoms with van der Waals surface area (Å²) in [6.07, 6.45) is 1.59. The number of aryl methyl sites for hydroxylation is 2. The Balaban J connectivity index is 1.91. The Kier molecular flexibility index (Phi) is 5.83. The molecule has 2 rings (SSSR count). The van der Waals surface area contributed by atoms with Gasteiger partial charge in [0.2, 0.25) is 0 Å². The van der Waals surface area contributed by atoms with Crippen molar-refractivity contribution in [1.82, 2.24) is 0 Å². The Bertz CT molecular complexity index is 600. The van der Waals surface area contributed by atoms with Crippen molar-refractivity contribution in [2.45, 2.75) is 20.8 Å². The average molecular weight is 299 g/mol. The molecule has 0 saturated carbocycles. The quantitative estimate of drug-likeness (QED) is 0.558. The van der Waals surface area contributed by atoms with Gasteiger partial charge in [-0.1, -0.05) is 11.2 Å². The highest BCUT2D eigenvalue weighted by Gasteiger charge is 2.00. The van der Waals surface area contributed by atoms with Gasteiger partial charge >= 0.3 is 0 Å². The summed E-state index contributed by atoms with van der Waals surface area (Å²) in [5.41, 5.74) is 2.37. The highest BCUT2D eigenvalue weighted by molar-refractivity contribution is 5.58. The maximum absolute atomic E-state index is 5.85. The summed E-state index contributed by atoms with van der Waals surface area (Å²) >= 11 is 0. The molecular weight excluding hydrogens is 278 g/mol. The molecule has 0 saturated heterocycles. The van der Waals surface area contributed by atoms with E-state index in [-0.39, 0.29) is 0 Å². The van der Waals surface area contributed by atoms with Crippen molar-refractivity contribution in [2.24, 2.45) is 5.16 Å². The second kappa shape index (κ2) is 8.08. The molecule has 0 bridgehead atoms. The number of hydrogen-bond donors (Lipinski definition) is 0. The first-order valence-electron chi connectivity index (χ1n) is 7.30. The molecule has 2 aromatic rings. The molecule has 0 atom stereocenters. The van der Waals surface area contributed by atoms with Gasteiger partial charge in [0.05, 0.1) is 6.21 Å². The maximum atomic E-state index is 5.85. The Morgan fingerprint density at radius 2 is 1.55 bits per heavy atom. The van der Waals surface area contributed by atoms with Crippen LogP contribution in [0.25, 0.3) is 0 Å². The Morgan fingerprint density at radius 3 is 2.18 bits per heavy atom. The fourth-order valence-corrected chi connectivity index (χ4v) is 2.02. The molecule has 22 heavy (non-hydrogen) atoms. The van der Waals surface area contributed by atoms with Gasteiger partial charge < -0.3 is 14.3 Å². The highest BCUT2D eigenvalue weighted by atomic mass is 16.6. The molecule has 0 N–H and O–H groups in total. The Labute approximate surface area is 131 Å². The van der Waals surface area contributed by atoms with Crippen molar-refractivity contribution in [1.29, 1.82) is 0 Å². The second-order valence-electron chi connectivity index (χ2n) is 4.91. The topological polar surface area (TPSA) is 40.0 Å². The lowest BCUT2D eigenvalue weighted by Gasteiger charge is -2.09. The number of benzene rings is 2. The monoisotopic (exact) mass is 299 g/mol. The van der Waals surface area contributed by atoms with Crippen LogP contribution in [0.4, 0.5) is 0 Å². The number of hydrogen-bond acceptors (Lipinski definition) is 4. The van der Waals surface area contributed by atoms with Crippen LogP contribution < -0.4 is 9.47 Å². The van der Waals surface area contributed by atoms with Crippen LogP contribution in [0.1, 0.15) is 18.1 Å². The third-order valence-electron chi connectivity index (χ3n) is 2.86. The summed E-state index contributed by atoms with van der Waals surface area (Å²) in [5, 5.41) is 3.72. The Morgan fingerprint density at radius 1 is 0.909 bits per heavy atom. The predicted molar refractivity (Wildman–Crippen MR) is 88.0 cm³/mol. The van der Waals surface area contributed by atoms with E-state index in [1.54, 1.807) is 6.21 Å². The fraction of sp³-hybridized carbons (Fsp3) is 0.278. The molecular formula is C18H21NO3. The van der Waals surface area contributed by atoms with Gasteiger partial charge in [-0.05, 0) is 68.3 Å². The maximum Gasteiger partial charge on any atom is 0.127 e. The summed E-state index contributed by atoms with van der Waals surface area (Å²) in [7, 11) is 0. The van der Waals surface area contributed by atoms with E-state index in [0.717, 1.165) is 17.2 Å². The van der Waals surface area contributed by atoms with Gasteiger partial charge in [0.15, 0.2) is 0 Å². The standard InChI is InChI=1S/C18H21NO3/c1-4-21-19-9-10-20-16-5-7-17(8-6-16)22-18-12-14(2)11-15(3)13-18/h5-9,11-13H,4,10H2,1-3H3/b19-9+. The van der Waals surface area contributed by atoms with Gasteiger partial charge in [0.25, 0.3) is 0 Å². The van der Waals surface area contributed by atoms with Crippen molar-refractivity contribution >= 4 is 6.21 Å². The normalized spacial score (nSPS) is 10.7. The van der Waals surface area contributed by atoms with Crippen molar-refractivity contribution in [3.8, 4) is 17.2 Å². The molecule has 0 aromatic heterocycles. The molecule has 0 aliphatic rings. The minimum Gasteiger partial charge on any atom is -0.488 e. The van der Waals surface area contributed by atoms with Gasteiger partial charge in [0, 0.05) is 0 Å². The average Bonchev–Trinajstić information content (AvgIpc) is 2.48. The molecule has 0 aliphatic heterocycles. The van der Waals surface area contributed by atoms with Crippen LogP contribution >= 0.6 is 0 Å². The number of rotatable bonds is 7. The van der Waals surface area contributed by atoms with Crippen molar-refractivity contribution in [2.75, 3.05) is 13.2 Å². The smallest absolute Gasteiger partial charge is 0.127 e. The van der Waals surface area contributed by atoms with Gasteiger partial charge in [0.1, 0.15) is 30.5 Å². The van der Waals surface area contributed by atoms with Crippen molar-refractivity contribution in [3.05, 3.63) is 53.6 Å². The molecule has 0 aliphatic carbocycles. The lowest BCUT2D eigenvalue weighted by molar-refractivity contribution is 0.158. The first kappa shape index (κ1) is 15.9. The van der Waals surface area contributed by atoms with Crippen LogP contribution in [-0.2, 0) is 4.84 Å². The largest absolute Gasteiger partial charge is 0.488 e. The molecule has 4 nitrogen and oxygen atoms in total. The third-order valence-corrected chi connectivity index (χ3v) is 2.86. The molecule has 0 amide bonds. The first-order chi connectivity index (χ1) is 10.7. The molecule has 0 radical (unpaired) electrons. The summed E-state index contributed by atoms with van der Waals surface area (Å²) in [4.78, 5) is 4.85. The summed E-state index contributed by atoms with van der Waals surface area (Å²) < 4.78 is 11.4. The van der Waals surface area contributed by atoms with Crippen LogP contribution in [-0.4, -0.2) is 19.4 Å². The van der Waals surface area contributed by atoms with Crippen LogP contribution in [0.5, 0.6) is 17.2 Å². The summed E-state index contributed by atoms with van der Waals surface area (Å²) in [6.45, 7) is 6.92. The van der Waals surface area contributed by atoms with Gasteiger partial charge in [-0.15, -0.1) is 0 Å². The second-order valence-corrected chi connectivity index (χ2v) is 4.91. The van der Waals surface area contributed by atoms with E-state index in [1.165, 1.54) is 11.1 Å². The highest BCUT2D eigenvalue weighted by Crippen LogP contribution is 2.25. The van der Waals surface area contributed by atoms with Crippen LogP contribution in [0.3, 0.4) is 0 Å². The SMILES string of the molecule is CCO/N=C/COc1ccc(Oc2cc(C)cc(C)c2)cc1. The number of oxime groups is 1.